The molecule has 0 radical (unpaired) electrons. The molecule has 2 aromatic rings. The quantitative estimate of drug-likeness (QED) is 0.857. The van der Waals surface area contributed by atoms with Gasteiger partial charge in [-0.3, -0.25) is 0 Å². The van der Waals surface area contributed by atoms with E-state index >= 15 is 0 Å². The summed E-state index contributed by atoms with van der Waals surface area (Å²) < 4.78 is 1.83. The Morgan fingerprint density at radius 1 is 1.38 bits per heavy atom. The third-order valence-corrected chi connectivity index (χ3v) is 3.19. The lowest BCUT2D eigenvalue weighted by atomic mass is 10.0. The molecule has 0 amide bonds. The fourth-order valence-electron chi connectivity index (χ4n) is 1.68. The molecule has 2 atom stereocenters. The monoisotopic (exact) mass is 218 g/mol. The molecule has 0 saturated carbocycles. The Labute approximate surface area is 95.7 Å². The van der Waals surface area contributed by atoms with Gasteiger partial charge in [0.1, 0.15) is 5.52 Å². The molecule has 86 valence electrons. The molecule has 0 spiro atoms. The second-order valence-corrected chi connectivity index (χ2v) is 4.26. The fraction of sp³-hybridized carbons (Fsp3) is 0.500. The smallest absolute Gasteiger partial charge is 0.152 e. The SMILES string of the molecule is CCC(C)C(C)Nc1nccn2nccc12. The highest BCUT2D eigenvalue weighted by atomic mass is 15.2. The molecular weight excluding hydrogens is 200 g/mol. The molecule has 0 fully saturated rings. The Morgan fingerprint density at radius 2 is 2.19 bits per heavy atom. The predicted molar refractivity (Wildman–Crippen MR) is 65.5 cm³/mol. The highest BCUT2D eigenvalue weighted by Gasteiger charge is 2.12. The lowest BCUT2D eigenvalue weighted by Gasteiger charge is -2.20. The number of hydrogen-bond acceptors (Lipinski definition) is 3. The summed E-state index contributed by atoms with van der Waals surface area (Å²) in [6.07, 6.45) is 6.58. The maximum absolute atomic E-state index is 4.36. The van der Waals surface area contributed by atoms with Gasteiger partial charge in [0.25, 0.3) is 0 Å². The molecule has 0 aromatic carbocycles. The van der Waals surface area contributed by atoms with Crippen LogP contribution in [-0.4, -0.2) is 20.6 Å². The van der Waals surface area contributed by atoms with Gasteiger partial charge in [0.05, 0.1) is 6.20 Å². The maximum atomic E-state index is 4.36. The largest absolute Gasteiger partial charge is 0.366 e. The summed E-state index contributed by atoms with van der Waals surface area (Å²) >= 11 is 0. The van der Waals surface area contributed by atoms with Gasteiger partial charge in [-0.05, 0) is 18.9 Å². The van der Waals surface area contributed by atoms with E-state index in [-0.39, 0.29) is 0 Å². The third-order valence-electron chi connectivity index (χ3n) is 3.19. The van der Waals surface area contributed by atoms with Gasteiger partial charge >= 0.3 is 0 Å². The molecule has 16 heavy (non-hydrogen) atoms. The van der Waals surface area contributed by atoms with Gasteiger partial charge in [0.2, 0.25) is 0 Å². The minimum atomic E-state index is 0.415. The van der Waals surface area contributed by atoms with Crippen LogP contribution < -0.4 is 5.32 Å². The van der Waals surface area contributed by atoms with Crippen LogP contribution in [0.2, 0.25) is 0 Å². The number of hydrogen-bond donors (Lipinski definition) is 1. The van der Waals surface area contributed by atoms with Crippen LogP contribution >= 0.6 is 0 Å². The zero-order valence-corrected chi connectivity index (χ0v) is 10.0. The van der Waals surface area contributed by atoms with Crippen molar-refractivity contribution in [1.82, 2.24) is 14.6 Å². The van der Waals surface area contributed by atoms with E-state index in [4.69, 9.17) is 0 Å². The number of rotatable bonds is 4. The van der Waals surface area contributed by atoms with Crippen molar-refractivity contribution in [3.63, 3.8) is 0 Å². The van der Waals surface area contributed by atoms with Crippen LogP contribution in [0.1, 0.15) is 27.2 Å². The minimum absolute atomic E-state index is 0.415. The van der Waals surface area contributed by atoms with Crippen LogP contribution in [0.5, 0.6) is 0 Å². The summed E-state index contributed by atoms with van der Waals surface area (Å²) in [5.41, 5.74) is 1.03. The highest BCUT2D eigenvalue weighted by Crippen LogP contribution is 2.17. The Kier molecular flexibility index (Phi) is 3.08. The summed E-state index contributed by atoms with van der Waals surface area (Å²) in [6.45, 7) is 6.64. The lowest BCUT2D eigenvalue weighted by Crippen LogP contribution is -2.24. The number of nitrogens with zero attached hydrogens (tertiary/aromatic N) is 3. The minimum Gasteiger partial charge on any atom is -0.366 e. The summed E-state index contributed by atoms with van der Waals surface area (Å²) in [5, 5.41) is 7.64. The highest BCUT2D eigenvalue weighted by molar-refractivity contribution is 5.66. The van der Waals surface area contributed by atoms with Gasteiger partial charge in [0, 0.05) is 18.4 Å². The zero-order chi connectivity index (χ0) is 11.5. The van der Waals surface area contributed by atoms with Gasteiger partial charge in [0.15, 0.2) is 5.82 Å². The van der Waals surface area contributed by atoms with Crippen LogP contribution in [0.4, 0.5) is 5.82 Å². The van der Waals surface area contributed by atoms with Crippen molar-refractivity contribution in [3.05, 3.63) is 24.7 Å². The molecule has 0 aliphatic rings. The Bertz CT molecular complexity index is 463. The fourth-order valence-corrected chi connectivity index (χ4v) is 1.68. The van der Waals surface area contributed by atoms with E-state index in [0.717, 1.165) is 17.8 Å². The van der Waals surface area contributed by atoms with E-state index in [1.807, 2.05) is 16.8 Å². The Balaban J connectivity index is 2.23. The molecule has 2 aromatic heterocycles. The summed E-state index contributed by atoms with van der Waals surface area (Å²) in [5.74, 6) is 1.54. The van der Waals surface area contributed by atoms with Crippen molar-refractivity contribution in [2.24, 2.45) is 5.92 Å². The van der Waals surface area contributed by atoms with Gasteiger partial charge in [-0.15, -0.1) is 0 Å². The number of anilines is 1. The summed E-state index contributed by atoms with van der Waals surface area (Å²) in [4.78, 5) is 4.36. The zero-order valence-electron chi connectivity index (χ0n) is 10.0. The average Bonchev–Trinajstić information content (AvgIpc) is 2.77. The molecule has 4 heteroatoms. The molecular formula is C12H18N4. The van der Waals surface area contributed by atoms with E-state index in [9.17, 15) is 0 Å². The van der Waals surface area contributed by atoms with E-state index in [0.29, 0.717) is 12.0 Å². The van der Waals surface area contributed by atoms with Gasteiger partial charge in [-0.25, -0.2) is 9.50 Å². The standard InChI is InChI=1S/C12H18N4/c1-4-9(2)10(3)15-12-11-5-6-14-16(11)8-7-13-12/h5-10H,4H2,1-3H3,(H,13,15). The first-order valence-corrected chi connectivity index (χ1v) is 5.77. The average molecular weight is 218 g/mol. The molecule has 4 nitrogen and oxygen atoms in total. The molecule has 2 heterocycles. The number of aromatic nitrogens is 3. The lowest BCUT2D eigenvalue weighted by molar-refractivity contribution is 0.493. The van der Waals surface area contributed by atoms with E-state index in [2.05, 4.69) is 36.2 Å². The van der Waals surface area contributed by atoms with Crippen LogP contribution in [0.3, 0.4) is 0 Å². The normalized spacial score (nSPS) is 14.9. The maximum Gasteiger partial charge on any atom is 0.152 e. The molecule has 2 unspecified atom stereocenters. The van der Waals surface area contributed by atoms with Crippen molar-refractivity contribution in [2.75, 3.05) is 5.32 Å². The second-order valence-electron chi connectivity index (χ2n) is 4.26. The first-order valence-electron chi connectivity index (χ1n) is 5.77. The van der Waals surface area contributed by atoms with Crippen molar-refractivity contribution < 1.29 is 0 Å². The van der Waals surface area contributed by atoms with Crippen LogP contribution in [-0.2, 0) is 0 Å². The van der Waals surface area contributed by atoms with Crippen molar-refractivity contribution >= 4 is 11.3 Å². The molecule has 0 aliphatic carbocycles. The third kappa shape index (κ3) is 2.01. The number of fused-ring (bicyclic) bond motifs is 1. The summed E-state index contributed by atoms with van der Waals surface area (Å²) in [6, 6.07) is 2.39. The van der Waals surface area contributed by atoms with Crippen LogP contribution in [0.25, 0.3) is 5.52 Å². The number of nitrogens with one attached hydrogen (secondary N) is 1. The van der Waals surface area contributed by atoms with E-state index < -0.39 is 0 Å². The summed E-state index contributed by atoms with van der Waals surface area (Å²) in [7, 11) is 0. The van der Waals surface area contributed by atoms with Gasteiger partial charge < -0.3 is 5.32 Å². The first-order chi connectivity index (χ1) is 7.72. The van der Waals surface area contributed by atoms with Gasteiger partial charge in [-0.2, -0.15) is 5.10 Å². The molecule has 0 bridgehead atoms. The van der Waals surface area contributed by atoms with E-state index in [1.54, 1.807) is 12.4 Å². The topological polar surface area (TPSA) is 42.2 Å². The van der Waals surface area contributed by atoms with Crippen LogP contribution in [0, 0.1) is 5.92 Å². The molecule has 2 rings (SSSR count). The van der Waals surface area contributed by atoms with Gasteiger partial charge in [-0.1, -0.05) is 20.3 Å². The first kappa shape index (κ1) is 10.9. The van der Waals surface area contributed by atoms with Crippen molar-refractivity contribution in [1.29, 1.82) is 0 Å². The molecule has 0 aliphatic heterocycles. The van der Waals surface area contributed by atoms with Crippen molar-refractivity contribution in [3.8, 4) is 0 Å². The second kappa shape index (κ2) is 4.51. The predicted octanol–water partition coefficient (Wildman–Crippen LogP) is 2.58. The Hall–Kier alpha value is -1.58. The molecule has 1 N–H and O–H groups in total. The van der Waals surface area contributed by atoms with Crippen molar-refractivity contribution in [2.45, 2.75) is 33.2 Å². The Morgan fingerprint density at radius 3 is 2.94 bits per heavy atom. The molecule has 0 saturated heterocycles. The van der Waals surface area contributed by atoms with Crippen LogP contribution in [0.15, 0.2) is 24.7 Å². The van der Waals surface area contributed by atoms with E-state index in [1.165, 1.54) is 0 Å².